The maximum absolute atomic E-state index is 13.2. The Bertz CT molecular complexity index is 1150. The lowest BCUT2D eigenvalue weighted by Gasteiger charge is -2.32. The van der Waals surface area contributed by atoms with Crippen LogP contribution in [0.5, 0.6) is 0 Å². The molecule has 0 radical (unpaired) electrons. The van der Waals surface area contributed by atoms with Gasteiger partial charge in [0.15, 0.2) is 0 Å². The topological polar surface area (TPSA) is 65.2 Å². The van der Waals surface area contributed by atoms with Gasteiger partial charge in [-0.25, -0.2) is 0 Å². The molecular formula is C25H26ClN3O2. The Morgan fingerprint density at radius 2 is 1.84 bits per heavy atom. The van der Waals surface area contributed by atoms with E-state index in [4.69, 9.17) is 11.6 Å². The number of nitrogens with zero attached hydrogens (tertiary/aromatic N) is 1. The number of benzene rings is 2. The van der Waals surface area contributed by atoms with Gasteiger partial charge in [-0.1, -0.05) is 61.9 Å². The first kappa shape index (κ1) is 21.2. The van der Waals surface area contributed by atoms with Gasteiger partial charge >= 0.3 is 0 Å². The summed E-state index contributed by atoms with van der Waals surface area (Å²) in [4.78, 5) is 31.1. The minimum Gasteiger partial charge on any atom is -0.361 e. The van der Waals surface area contributed by atoms with Crippen molar-refractivity contribution in [3.63, 3.8) is 0 Å². The number of hydrogen-bond acceptors (Lipinski definition) is 2. The van der Waals surface area contributed by atoms with Crippen LogP contribution in [0.2, 0.25) is 5.02 Å². The molecule has 160 valence electrons. The lowest BCUT2D eigenvalue weighted by atomic mass is 9.97. The summed E-state index contributed by atoms with van der Waals surface area (Å²) in [7, 11) is 0. The molecule has 5 nitrogen and oxygen atoms in total. The number of fused-ring (bicyclic) bond motifs is 1. The Morgan fingerprint density at radius 1 is 1.10 bits per heavy atom. The Morgan fingerprint density at radius 3 is 2.55 bits per heavy atom. The number of rotatable bonds is 5. The molecule has 4 rings (SSSR count). The number of aromatic amines is 1. The maximum Gasteiger partial charge on any atom is 0.253 e. The highest BCUT2D eigenvalue weighted by molar-refractivity contribution is 6.33. The van der Waals surface area contributed by atoms with E-state index in [0.717, 1.165) is 11.9 Å². The predicted molar refractivity (Wildman–Crippen MR) is 125 cm³/mol. The molecule has 0 saturated carbocycles. The number of carbonyl (C=O) groups is 2. The van der Waals surface area contributed by atoms with Crippen LogP contribution in [0.1, 0.15) is 36.2 Å². The van der Waals surface area contributed by atoms with Gasteiger partial charge in [-0.2, -0.15) is 0 Å². The number of carbonyl (C=O) groups excluding carboxylic acids is 2. The normalized spacial score (nSPS) is 15.1. The number of aromatic nitrogens is 1. The molecule has 2 heterocycles. The second-order valence-electron chi connectivity index (χ2n) is 8.19. The molecule has 3 aromatic rings. The molecule has 0 bridgehead atoms. The van der Waals surface area contributed by atoms with Crippen LogP contribution in [0.4, 0.5) is 0 Å². The summed E-state index contributed by atoms with van der Waals surface area (Å²) in [6.45, 7) is 5.02. The zero-order valence-electron chi connectivity index (χ0n) is 17.7. The Balaban J connectivity index is 1.48. The van der Waals surface area contributed by atoms with Gasteiger partial charge in [0.05, 0.1) is 10.6 Å². The van der Waals surface area contributed by atoms with Crippen LogP contribution in [0.3, 0.4) is 0 Å². The molecule has 6 heteroatoms. The van der Waals surface area contributed by atoms with Crippen LogP contribution >= 0.6 is 11.6 Å². The van der Waals surface area contributed by atoms with E-state index in [1.807, 2.05) is 37.1 Å². The van der Waals surface area contributed by atoms with Crippen LogP contribution in [0.25, 0.3) is 16.5 Å². The Kier molecular flexibility index (Phi) is 6.14. The molecule has 1 atom stereocenters. The third kappa shape index (κ3) is 4.37. The summed E-state index contributed by atoms with van der Waals surface area (Å²) in [5.41, 5.74) is 3.92. The van der Waals surface area contributed by atoms with Crippen molar-refractivity contribution < 1.29 is 9.59 Å². The molecule has 0 aliphatic carbocycles. The van der Waals surface area contributed by atoms with E-state index in [9.17, 15) is 9.59 Å². The average molecular weight is 436 g/mol. The number of H-pyrrole nitrogens is 1. The van der Waals surface area contributed by atoms with Crippen molar-refractivity contribution in [1.29, 1.82) is 0 Å². The van der Waals surface area contributed by atoms with E-state index in [1.54, 1.807) is 24.3 Å². The standard InChI is InChI=1S/C25H26ClN3O2/c1-16(2)23(28-24(30)19-8-3-5-9-21(19)26)25(31)29-13-11-17(12-14-29)20-15-27-22-10-6-4-7-18(20)22/h3-11,15-16,23,27H,12-14H2,1-2H3,(H,28,30)/t23-/m0/s1. The molecule has 2 amide bonds. The minimum absolute atomic E-state index is 0.0436. The second-order valence-corrected chi connectivity index (χ2v) is 8.59. The fraction of sp³-hybridized carbons (Fsp3) is 0.280. The molecule has 2 aromatic carbocycles. The fourth-order valence-electron chi connectivity index (χ4n) is 4.03. The average Bonchev–Trinajstić information content (AvgIpc) is 3.21. The number of nitrogens with one attached hydrogen (secondary N) is 2. The number of para-hydroxylation sites is 1. The molecule has 1 aromatic heterocycles. The van der Waals surface area contributed by atoms with E-state index in [1.165, 1.54) is 16.5 Å². The van der Waals surface area contributed by atoms with E-state index in [2.05, 4.69) is 28.5 Å². The van der Waals surface area contributed by atoms with E-state index in [0.29, 0.717) is 23.7 Å². The summed E-state index contributed by atoms with van der Waals surface area (Å²) in [6, 6.07) is 14.5. The molecule has 0 fully saturated rings. The highest BCUT2D eigenvalue weighted by Crippen LogP contribution is 2.29. The van der Waals surface area contributed by atoms with Crippen molar-refractivity contribution in [2.24, 2.45) is 5.92 Å². The second kappa shape index (κ2) is 8.98. The predicted octanol–water partition coefficient (Wildman–Crippen LogP) is 4.89. The van der Waals surface area contributed by atoms with Crippen LogP contribution in [0.15, 0.2) is 60.8 Å². The van der Waals surface area contributed by atoms with Crippen LogP contribution in [0, 0.1) is 5.92 Å². The van der Waals surface area contributed by atoms with Crippen LogP contribution in [-0.2, 0) is 4.79 Å². The molecular weight excluding hydrogens is 410 g/mol. The Hall–Kier alpha value is -3.05. The van der Waals surface area contributed by atoms with Crippen molar-refractivity contribution in [2.45, 2.75) is 26.3 Å². The van der Waals surface area contributed by atoms with Crippen LogP contribution < -0.4 is 5.32 Å². The van der Waals surface area contributed by atoms with Crippen LogP contribution in [-0.4, -0.2) is 40.8 Å². The molecule has 1 aliphatic heterocycles. The van der Waals surface area contributed by atoms with Gasteiger partial charge < -0.3 is 15.2 Å². The highest BCUT2D eigenvalue weighted by Gasteiger charge is 2.30. The Labute approximate surface area is 187 Å². The summed E-state index contributed by atoms with van der Waals surface area (Å²) >= 11 is 6.15. The SMILES string of the molecule is CC(C)[C@H](NC(=O)c1ccccc1Cl)C(=O)N1CC=C(c2c[nH]c3ccccc23)CC1. The van der Waals surface area contributed by atoms with Crippen molar-refractivity contribution in [1.82, 2.24) is 15.2 Å². The minimum atomic E-state index is -0.605. The number of halogens is 1. The molecule has 0 spiro atoms. The highest BCUT2D eigenvalue weighted by atomic mass is 35.5. The van der Waals surface area contributed by atoms with Gasteiger partial charge in [-0.3, -0.25) is 9.59 Å². The van der Waals surface area contributed by atoms with Gasteiger partial charge in [0.1, 0.15) is 6.04 Å². The van der Waals surface area contributed by atoms with Crippen molar-refractivity contribution in [3.8, 4) is 0 Å². The summed E-state index contributed by atoms with van der Waals surface area (Å²) in [5, 5.41) is 4.46. The first-order valence-corrected chi connectivity index (χ1v) is 10.9. The monoisotopic (exact) mass is 435 g/mol. The van der Waals surface area contributed by atoms with E-state index in [-0.39, 0.29) is 17.7 Å². The number of hydrogen-bond donors (Lipinski definition) is 2. The molecule has 1 aliphatic rings. The lowest BCUT2D eigenvalue weighted by Crippen LogP contribution is -2.52. The third-order valence-electron chi connectivity index (χ3n) is 5.79. The first-order chi connectivity index (χ1) is 15.0. The summed E-state index contributed by atoms with van der Waals surface area (Å²) in [5.74, 6) is -0.438. The molecule has 2 N–H and O–H groups in total. The van der Waals surface area contributed by atoms with Gasteiger partial charge in [0, 0.05) is 35.8 Å². The smallest absolute Gasteiger partial charge is 0.253 e. The quantitative estimate of drug-likeness (QED) is 0.599. The molecule has 0 unspecified atom stereocenters. The van der Waals surface area contributed by atoms with E-state index < -0.39 is 6.04 Å². The first-order valence-electron chi connectivity index (χ1n) is 10.6. The van der Waals surface area contributed by atoms with Crippen molar-refractivity contribution in [2.75, 3.05) is 13.1 Å². The van der Waals surface area contributed by atoms with E-state index >= 15 is 0 Å². The van der Waals surface area contributed by atoms with Gasteiger partial charge in [0.2, 0.25) is 5.91 Å². The fourth-order valence-corrected chi connectivity index (χ4v) is 4.25. The number of amides is 2. The third-order valence-corrected chi connectivity index (χ3v) is 6.12. The van der Waals surface area contributed by atoms with Crippen molar-refractivity contribution >= 4 is 39.9 Å². The van der Waals surface area contributed by atoms with Gasteiger partial charge in [0.25, 0.3) is 5.91 Å². The van der Waals surface area contributed by atoms with Gasteiger partial charge in [-0.15, -0.1) is 0 Å². The largest absolute Gasteiger partial charge is 0.361 e. The lowest BCUT2D eigenvalue weighted by molar-refractivity contribution is -0.133. The molecule has 0 saturated heterocycles. The zero-order chi connectivity index (χ0) is 22.0. The van der Waals surface area contributed by atoms with Crippen molar-refractivity contribution in [3.05, 3.63) is 77.0 Å². The molecule has 31 heavy (non-hydrogen) atoms. The summed E-state index contributed by atoms with van der Waals surface area (Å²) in [6.07, 6.45) is 4.93. The zero-order valence-corrected chi connectivity index (χ0v) is 18.4. The maximum atomic E-state index is 13.2. The summed E-state index contributed by atoms with van der Waals surface area (Å²) < 4.78 is 0. The van der Waals surface area contributed by atoms with Gasteiger partial charge in [-0.05, 0) is 36.1 Å².